The lowest BCUT2D eigenvalue weighted by molar-refractivity contribution is 0.675. The Morgan fingerprint density at radius 2 is 2.08 bits per heavy atom. The number of benzene rings is 1. The van der Waals surface area contributed by atoms with Gasteiger partial charge in [0, 0.05) is 23.0 Å². The summed E-state index contributed by atoms with van der Waals surface area (Å²) in [6.45, 7) is 0. The van der Waals surface area contributed by atoms with Crippen LogP contribution in [-0.4, -0.2) is 16.7 Å². The van der Waals surface area contributed by atoms with E-state index in [1.54, 1.807) is 6.20 Å². The summed E-state index contributed by atoms with van der Waals surface area (Å²) in [5, 5.41) is 12.1. The van der Waals surface area contributed by atoms with Crippen LogP contribution in [0, 0.1) is 5.41 Å². The molecule has 8 heteroatoms. The molecule has 0 bridgehead atoms. The summed E-state index contributed by atoms with van der Waals surface area (Å²) in [6.07, 6.45) is 2.85. The van der Waals surface area contributed by atoms with Crippen molar-refractivity contribution in [2.24, 2.45) is 10.8 Å². The molecule has 0 aliphatic heterocycles. The van der Waals surface area contributed by atoms with Gasteiger partial charge in [-0.15, -0.1) is 12.4 Å². The van der Waals surface area contributed by atoms with E-state index in [-0.39, 0.29) is 29.7 Å². The standard InChI is InChI=1S/C16H16ClN5O.ClH/c17-11-4-2-1-3-10(11)9-7-12-15(14(23)5-6-20-12)13(8-9)21-22-16(18)19;/h1-6,9H,7-8H2,(H,20,23)(H4,18,19,22);1H. The van der Waals surface area contributed by atoms with Crippen molar-refractivity contribution in [1.82, 2.24) is 10.4 Å². The molecular formula is C16H17Cl2N5O. The first-order chi connectivity index (χ1) is 11.1. The van der Waals surface area contributed by atoms with E-state index in [9.17, 15) is 4.79 Å². The van der Waals surface area contributed by atoms with Gasteiger partial charge in [0.05, 0.1) is 11.3 Å². The minimum absolute atomic E-state index is 0. The highest BCUT2D eigenvalue weighted by molar-refractivity contribution is 6.31. The monoisotopic (exact) mass is 365 g/mol. The predicted octanol–water partition coefficient (Wildman–Crippen LogP) is 2.37. The minimum Gasteiger partial charge on any atom is -0.369 e. The summed E-state index contributed by atoms with van der Waals surface area (Å²) in [4.78, 5) is 15.3. The zero-order valence-corrected chi connectivity index (χ0v) is 14.2. The maximum absolute atomic E-state index is 12.2. The first kappa shape index (κ1) is 18.0. The molecule has 126 valence electrons. The Labute approximate surface area is 150 Å². The Morgan fingerprint density at radius 3 is 2.79 bits per heavy atom. The normalized spacial score (nSPS) is 17.7. The minimum atomic E-state index is -0.272. The summed E-state index contributed by atoms with van der Waals surface area (Å²) in [5.41, 5.74) is 10.6. The molecule has 2 aromatic rings. The van der Waals surface area contributed by atoms with Crippen LogP contribution >= 0.6 is 24.0 Å². The van der Waals surface area contributed by atoms with Gasteiger partial charge in [0.15, 0.2) is 5.43 Å². The number of H-pyrrole nitrogens is 1. The molecule has 1 aromatic carbocycles. The van der Waals surface area contributed by atoms with Crippen LogP contribution in [0.2, 0.25) is 5.02 Å². The number of fused-ring (bicyclic) bond motifs is 1. The molecule has 0 spiro atoms. The highest BCUT2D eigenvalue weighted by Crippen LogP contribution is 2.34. The Bertz CT molecular complexity index is 846. The van der Waals surface area contributed by atoms with Crippen molar-refractivity contribution in [2.45, 2.75) is 18.8 Å². The molecule has 1 aliphatic rings. The van der Waals surface area contributed by atoms with Gasteiger partial charge in [-0.25, -0.2) is 5.43 Å². The van der Waals surface area contributed by atoms with E-state index < -0.39 is 0 Å². The van der Waals surface area contributed by atoms with Crippen molar-refractivity contribution in [3.05, 3.63) is 68.6 Å². The van der Waals surface area contributed by atoms with Crippen molar-refractivity contribution in [2.75, 3.05) is 0 Å². The van der Waals surface area contributed by atoms with E-state index in [1.165, 1.54) is 6.07 Å². The van der Waals surface area contributed by atoms with Gasteiger partial charge in [-0.2, -0.15) is 5.10 Å². The lowest BCUT2D eigenvalue weighted by atomic mass is 9.81. The molecule has 24 heavy (non-hydrogen) atoms. The third kappa shape index (κ3) is 3.60. The van der Waals surface area contributed by atoms with Gasteiger partial charge in [0.25, 0.3) is 0 Å². The predicted molar refractivity (Wildman–Crippen MR) is 98.4 cm³/mol. The van der Waals surface area contributed by atoms with Crippen LogP contribution in [0.1, 0.15) is 29.2 Å². The number of hydrogen-bond acceptors (Lipinski definition) is 3. The van der Waals surface area contributed by atoms with Crippen LogP contribution in [0.15, 0.2) is 46.4 Å². The average Bonchev–Trinajstić information content (AvgIpc) is 2.53. The Morgan fingerprint density at radius 1 is 1.33 bits per heavy atom. The number of guanidine groups is 1. The lowest BCUT2D eigenvalue weighted by Gasteiger charge is -2.26. The Balaban J connectivity index is 0.00000208. The number of pyridine rings is 1. The van der Waals surface area contributed by atoms with Gasteiger partial charge in [0.2, 0.25) is 5.96 Å². The Kier molecular flexibility index (Phi) is 5.64. The van der Waals surface area contributed by atoms with E-state index in [4.69, 9.17) is 22.7 Å². The first-order valence-electron chi connectivity index (χ1n) is 7.18. The van der Waals surface area contributed by atoms with Crippen molar-refractivity contribution in [3.8, 4) is 0 Å². The molecule has 0 fully saturated rings. The molecule has 1 heterocycles. The summed E-state index contributed by atoms with van der Waals surface area (Å²) in [7, 11) is 0. The smallest absolute Gasteiger partial charge is 0.206 e. The van der Waals surface area contributed by atoms with Crippen molar-refractivity contribution in [3.63, 3.8) is 0 Å². The number of aromatic nitrogens is 1. The molecule has 0 saturated heterocycles. The molecule has 0 radical (unpaired) electrons. The molecule has 5 N–H and O–H groups in total. The van der Waals surface area contributed by atoms with Crippen LogP contribution in [0.3, 0.4) is 0 Å². The summed E-state index contributed by atoms with van der Waals surface area (Å²) < 4.78 is 0. The Hall–Kier alpha value is -2.31. The van der Waals surface area contributed by atoms with Gasteiger partial charge in [0.1, 0.15) is 0 Å². The maximum atomic E-state index is 12.2. The molecule has 6 nitrogen and oxygen atoms in total. The zero-order chi connectivity index (χ0) is 16.4. The largest absolute Gasteiger partial charge is 0.369 e. The van der Waals surface area contributed by atoms with E-state index >= 15 is 0 Å². The summed E-state index contributed by atoms with van der Waals surface area (Å²) >= 11 is 6.31. The molecule has 0 amide bonds. The number of hydrogen-bond donors (Lipinski definition) is 4. The van der Waals surface area contributed by atoms with Gasteiger partial charge in [-0.05, 0) is 30.4 Å². The van der Waals surface area contributed by atoms with E-state index in [0.29, 0.717) is 29.1 Å². The van der Waals surface area contributed by atoms with Gasteiger partial charge < -0.3 is 10.7 Å². The fourth-order valence-electron chi connectivity index (χ4n) is 2.91. The zero-order valence-electron chi connectivity index (χ0n) is 12.7. The van der Waals surface area contributed by atoms with Crippen LogP contribution in [0.5, 0.6) is 0 Å². The fourth-order valence-corrected chi connectivity index (χ4v) is 3.20. The van der Waals surface area contributed by atoms with E-state index in [1.807, 2.05) is 24.3 Å². The van der Waals surface area contributed by atoms with Crippen LogP contribution in [0.4, 0.5) is 0 Å². The number of nitrogens with zero attached hydrogens (tertiary/aromatic N) is 1. The SMILES string of the molecule is Cl.N=C(N)NN=C1CC(c2ccccc2Cl)Cc2[nH]ccc(=O)c21. The van der Waals surface area contributed by atoms with Gasteiger partial charge >= 0.3 is 0 Å². The third-order valence-electron chi connectivity index (χ3n) is 3.88. The molecular weight excluding hydrogens is 349 g/mol. The number of rotatable bonds is 2. The van der Waals surface area contributed by atoms with Crippen LogP contribution in [0.25, 0.3) is 0 Å². The number of halogens is 2. The highest BCUT2D eigenvalue weighted by Gasteiger charge is 2.28. The molecule has 0 saturated carbocycles. The van der Waals surface area contributed by atoms with E-state index in [2.05, 4.69) is 15.5 Å². The van der Waals surface area contributed by atoms with E-state index in [0.717, 1.165) is 11.3 Å². The van der Waals surface area contributed by atoms with Crippen molar-refractivity contribution >= 4 is 35.7 Å². The van der Waals surface area contributed by atoms with Crippen LogP contribution in [-0.2, 0) is 6.42 Å². The quantitative estimate of drug-likeness (QED) is 0.372. The maximum Gasteiger partial charge on any atom is 0.206 e. The molecule has 1 atom stereocenters. The second-order valence-corrected chi connectivity index (χ2v) is 5.81. The number of nitrogens with one attached hydrogen (secondary N) is 3. The second-order valence-electron chi connectivity index (χ2n) is 5.41. The fraction of sp³-hybridized carbons (Fsp3) is 0.188. The molecule has 1 aromatic heterocycles. The summed E-state index contributed by atoms with van der Waals surface area (Å²) in [5.74, 6) is -0.173. The van der Waals surface area contributed by atoms with Gasteiger partial charge in [-0.1, -0.05) is 29.8 Å². The van der Waals surface area contributed by atoms with Crippen molar-refractivity contribution < 1.29 is 0 Å². The number of nitrogens with two attached hydrogens (primary N) is 1. The second kappa shape index (κ2) is 7.51. The molecule has 1 unspecified atom stereocenters. The lowest BCUT2D eigenvalue weighted by Crippen LogP contribution is -2.32. The molecule has 3 rings (SSSR count). The summed E-state index contributed by atoms with van der Waals surface area (Å²) in [6, 6.07) is 9.13. The molecule has 1 aliphatic carbocycles. The third-order valence-corrected chi connectivity index (χ3v) is 4.22. The van der Waals surface area contributed by atoms with Crippen molar-refractivity contribution in [1.29, 1.82) is 5.41 Å². The average molecular weight is 366 g/mol. The van der Waals surface area contributed by atoms with Gasteiger partial charge in [-0.3, -0.25) is 10.2 Å². The topological polar surface area (TPSA) is 107 Å². The number of aromatic amines is 1. The highest BCUT2D eigenvalue weighted by atomic mass is 35.5. The first-order valence-corrected chi connectivity index (χ1v) is 7.56. The number of hydrazone groups is 1. The van der Waals surface area contributed by atoms with Crippen LogP contribution < -0.4 is 16.6 Å².